The second kappa shape index (κ2) is 2.44. The second-order valence-electron chi connectivity index (χ2n) is 2.13. The molecule has 1 aliphatic heterocycles. The monoisotopic (exact) mass is 117 g/mol. The van der Waals surface area contributed by atoms with E-state index in [1.165, 1.54) is 0 Å². The van der Waals surface area contributed by atoms with Crippen LogP contribution in [0.3, 0.4) is 0 Å². The lowest BCUT2D eigenvalue weighted by Crippen LogP contribution is -2.43. The summed E-state index contributed by atoms with van der Waals surface area (Å²) in [5.74, 6) is 0. The molecule has 1 saturated heterocycles. The molecule has 1 rings (SSSR count). The van der Waals surface area contributed by atoms with Crippen LogP contribution in [0.15, 0.2) is 0 Å². The molecular weight excluding hydrogens is 106 g/mol. The Morgan fingerprint density at radius 3 is 2.38 bits per heavy atom. The van der Waals surface area contributed by atoms with Gasteiger partial charge in [-0.1, -0.05) is 0 Å². The minimum Gasteiger partial charge on any atom is -0.390 e. The van der Waals surface area contributed by atoms with E-state index in [0.29, 0.717) is 13.0 Å². The van der Waals surface area contributed by atoms with Gasteiger partial charge in [0.15, 0.2) is 0 Å². The standard InChI is InChI=1S/C5H11NO2/c7-4-1-2-6-3-5(4)8/h4-8H,1-3H2/t4-,5+/m0/s1. The first-order valence-corrected chi connectivity index (χ1v) is 2.87. The largest absolute Gasteiger partial charge is 0.390 e. The zero-order valence-corrected chi connectivity index (χ0v) is 4.67. The molecule has 0 aromatic carbocycles. The van der Waals surface area contributed by atoms with Gasteiger partial charge < -0.3 is 15.5 Å². The molecule has 1 fully saturated rings. The van der Waals surface area contributed by atoms with Crippen LogP contribution in [0, 0.1) is 0 Å². The average Bonchev–Trinajstić information content (AvgIpc) is 1.77. The van der Waals surface area contributed by atoms with E-state index in [1.807, 2.05) is 0 Å². The highest BCUT2D eigenvalue weighted by Gasteiger charge is 2.18. The molecule has 2 atom stereocenters. The third-order valence-electron chi connectivity index (χ3n) is 1.41. The molecule has 0 aromatic rings. The summed E-state index contributed by atoms with van der Waals surface area (Å²) in [6, 6.07) is 0. The van der Waals surface area contributed by atoms with Gasteiger partial charge in [-0.05, 0) is 13.0 Å². The molecule has 3 heteroatoms. The molecule has 48 valence electrons. The van der Waals surface area contributed by atoms with Gasteiger partial charge in [-0.2, -0.15) is 0 Å². The molecule has 0 aromatic heterocycles. The van der Waals surface area contributed by atoms with Crippen molar-refractivity contribution in [2.45, 2.75) is 18.6 Å². The van der Waals surface area contributed by atoms with Crippen molar-refractivity contribution in [2.24, 2.45) is 0 Å². The highest BCUT2D eigenvalue weighted by molar-refractivity contribution is 4.75. The molecule has 0 amide bonds. The van der Waals surface area contributed by atoms with Gasteiger partial charge >= 0.3 is 0 Å². The van der Waals surface area contributed by atoms with Crippen molar-refractivity contribution in [1.82, 2.24) is 5.32 Å². The van der Waals surface area contributed by atoms with E-state index in [0.717, 1.165) is 6.54 Å². The van der Waals surface area contributed by atoms with Crippen LogP contribution < -0.4 is 5.32 Å². The normalized spacial score (nSPS) is 39.8. The number of aliphatic hydroxyl groups is 2. The molecular formula is C5H11NO2. The summed E-state index contributed by atoms with van der Waals surface area (Å²) < 4.78 is 0. The third-order valence-corrected chi connectivity index (χ3v) is 1.41. The van der Waals surface area contributed by atoms with Gasteiger partial charge in [0.05, 0.1) is 12.2 Å². The van der Waals surface area contributed by atoms with E-state index in [-0.39, 0.29) is 0 Å². The number of hydrogen-bond donors (Lipinski definition) is 3. The molecule has 0 saturated carbocycles. The number of β-amino-alcohol motifs (C(OH)–C–C–N with tert-alkyl or cyclic N) is 1. The SMILES string of the molecule is O[C@@H]1CNCC[C@@H]1O. The van der Waals surface area contributed by atoms with Crippen LogP contribution in [0.1, 0.15) is 6.42 Å². The highest BCUT2D eigenvalue weighted by Crippen LogP contribution is 2.01. The Hall–Kier alpha value is -0.120. The van der Waals surface area contributed by atoms with Gasteiger partial charge in [0, 0.05) is 6.54 Å². The smallest absolute Gasteiger partial charge is 0.0923 e. The number of piperidine rings is 1. The predicted octanol–water partition coefficient (Wildman–Crippen LogP) is -1.30. The first kappa shape index (κ1) is 6.01. The van der Waals surface area contributed by atoms with Gasteiger partial charge in [-0.25, -0.2) is 0 Å². The predicted molar refractivity (Wildman–Crippen MR) is 29.5 cm³/mol. The number of hydrogen-bond acceptors (Lipinski definition) is 3. The van der Waals surface area contributed by atoms with E-state index < -0.39 is 12.2 Å². The van der Waals surface area contributed by atoms with Crippen LogP contribution in [-0.2, 0) is 0 Å². The molecule has 0 bridgehead atoms. The van der Waals surface area contributed by atoms with Crippen molar-refractivity contribution in [3.63, 3.8) is 0 Å². The molecule has 3 nitrogen and oxygen atoms in total. The van der Waals surface area contributed by atoms with Gasteiger partial charge in [-0.15, -0.1) is 0 Å². The lowest BCUT2D eigenvalue weighted by molar-refractivity contribution is 0.000433. The maximum absolute atomic E-state index is 8.89. The number of nitrogens with one attached hydrogen (secondary N) is 1. The Bertz CT molecular complexity index is 66.8. The van der Waals surface area contributed by atoms with E-state index in [2.05, 4.69) is 5.32 Å². The van der Waals surface area contributed by atoms with Crippen LogP contribution >= 0.6 is 0 Å². The van der Waals surface area contributed by atoms with Crippen molar-refractivity contribution in [2.75, 3.05) is 13.1 Å². The van der Waals surface area contributed by atoms with Crippen LogP contribution in [0.2, 0.25) is 0 Å². The average molecular weight is 117 g/mol. The topological polar surface area (TPSA) is 52.5 Å². The summed E-state index contributed by atoms with van der Waals surface area (Å²) >= 11 is 0. The Morgan fingerprint density at radius 1 is 1.25 bits per heavy atom. The first-order chi connectivity index (χ1) is 3.80. The minimum absolute atomic E-state index is 0.503. The fourth-order valence-corrected chi connectivity index (χ4v) is 0.828. The van der Waals surface area contributed by atoms with Gasteiger partial charge in [0.1, 0.15) is 0 Å². The Labute approximate surface area is 48.3 Å². The minimum atomic E-state index is -0.552. The quantitative estimate of drug-likeness (QED) is 0.369. The van der Waals surface area contributed by atoms with Crippen LogP contribution in [-0.4, -0.2) is 35.5 Å². The lowest BCUT2D eigenvalue weighted by Gasteiger charge is -2.23. The third kappa shape index (κ3) is 1.18. The van der Waals surface area contributed by atoms with Gasteiger partial charge in [0.2, 0.25) is 0 Å². The van der Waals surface area contributed by atoms with Crippen molar-refractivity contribution < 1.29 is 10.2 Å². The van der Waals surface area contributed by atoms with E-state index >= 15 is 0 Å². The lowest BCUT2D eigenvalue weighted by atomic mass is 10.1. The Morgan fingerprint density at radius 2 is 2.00 bits per heavy atom. The molecule has 3 N–H and O–H groups in total. The summed E-state index contributed by atoms with van der Waals surface area (Å²) in [6.45, 7) is 1.35. The summed E-state index contributed by atoms with van der Waals surface area (Å²) in [5.41, 5.74) is 0. The van der Waals surface area contributed by atoms with E-state index in [4.69, 9.17) is 10.2 Å². The van der Waals surface area contributed by atoms with Gasteiger partial charge in [-0.3, -0.25) is 0 Å². The highest BCUT2D eigenvalue weighted by atomic mass is 16.3. The molecule has 1 aliphatic rings. The van der Waals surface area contributed by atoms with Crippen LogP contribution in [0.4, 0.5) is 0 Å². The van der Waals surface area contributed by atoms with Crippen LogP contribution in [0.5, 0.6) is 0 Å². The van der Waals surface area contributed by atoms with Crippen molar-refractivity contribution in [3.05, 3.63) is 0 Å². The fraction of sp³-hybridized carbons (Fsp3) is 1.00. The fourth-order valence-electron chi connectivity index (χ4n) is 0.828. The molecule has 8 heavy (non-hydrogen) atoms. The first-order valence-electron chi connectivity index (χ1n) is 2.87. The molecule has 0 unspecified atom stereocenters. The number of aliphatic hydroxyl groups excluding tert-OH is 2. The summed E-state index contributed by atoms with van der Waals surface area (Å²) in [6.07, 6.45) is -0.388. The second-order valence-corrected chi connectivity index (χ2v) is 2.13. The van der Waals surface area contributed by atoms with E-state index in [1.54, 1.807) is 0 Å². The molecule has 0 radical (unpaired) electrons. The van der Waals surface area contributed by atoms with Crippen LogP contribution in [0.25, 0.3) is 0 Å². The molecule has 1 heterocycles. The maximum atomic E-state index is 8.89. The number of rotatable bonds is 0. The van der Waals surface area contributed by atoms with Crippen molar-refractivity contribution in [1.29, 1.82) is 0 Å². The molecule has 0 aliphatic carbocycles. The zero-order chi connectivity index (χ0) is 5.98. The Balaban J connectivity index is 2.28. The summed E-state index contributed by atoms with van der Waals surface area (Å²) in [7, 11) is 0. The maximum Gasteiger partial charge on any atom is 0.0923 e. The summed E-state index contributed by atoms with van der Waals surface area (Å²) in [5, 5.41) is 20.7. The zero-order valence-electron chi connectivity index (χ0n) is 4.67. The Kier molecular flexibility index (Phi) is 1.83. The van der Waals surface area contributed by atoms with Crippen molar-refractivity contribution >= 4 is 0 Å². The van der Waals surface area contributed by atoms with Gasteiger partial charge in [0.25, 0.3) is 0 Å². The molecule has 0 spiro atoms. The van der Waals surface area contributed by atoms with E-state index in [9.17, 15) is 0 Å². The van der Waals surface area contributed by atoms with Crippen molar-refractivity contribution in [3.8, 4) is 0 Å². The summed E-state index contributed by atoms with van der Waals surface area (Å²) in [4.78, 5) is 0.